The van der Waals surface area contributed by atoms with Gasteiger partial charge in [-0.25, -0.2) is 4.79 Å². The Labute approximate surface area is 208 Å². The van der Waals surface area contributed by atoms with Crippen LogP contribution in [0.15, 0.2) is 0 Å². The minimum atomic E-state index is -1.40. The molecule has 0 aliphatic rings. The van der Waals surface area contributed by atoms with Crippen LogP contribution in [-0.4, -0.2) is 89.4 Å². The molecule has 0 bridgehead atoms. The Morgan fingerprint density at radius 3 is 1.85 bits per heavy atom. The molecule has 0 aliphatic carbocycles. The van der Waals surface area contributed by atoms with E-state index in [-0.39, 0.29) is 12.8 Å². The Balaban J connectivity index is 5.44. The van der Waals surface area contributed by atoms with Crippen LogP contribution in [-0.2, 0) is 24.0 Å². The molecule has 0 saturated carbocycles. The molecule has 4 unspecified atom stereocenters. The largest absolute Gasteiger partial charge is 0.480 e. The number of nitrogens with one attached hydrogen (secondary N) is 3. The van der Waals surface area contributed by atoms with Gasteiger partial charge in [-0.05, 0) is 62.7 Å². The Morgan fingerprint density at radius 2 is 1.32 bits per heavy atom. The third-order valence-corrected chi connectivity index (χ3v) is 6.10. The van der Waals surface area contributed by atoms with E-state index in [4.69, 9.17) is 17.2 Å². The number of nitrogens with two attached hydrogens (primary N) is 3. The van der Waals surface area contributed by atoms with Crippen molar-refractivity contribution in [2.45, 2.75) is 62.7 Å². The number of unbranched alkanes of at least 4 members (excludes halogenated alkanes) is 1. The third-order valence-electron chi connectivity index (χ3n) is 4.81. The molecule has 196 valence electrons. The van der Waals surface area contributed by atoms with Crippen LogP contribution in [0.2, 0.25) is 0 Å². The number of aliphatic carboxylic acids is 1. The fraction of sp³-hybridized carbons (Fsp3) is 0.750. The van der Waals surface area contributed by atoms with Gasteiger partial charge in [-0.3, -0.25) is 19.2 Å². The van der Waals surface area contributed by atoms with Gasteiger partial charge in [-0.1, -0.05) is 0 Å². The molecule has 10 N–H and O–H groups in total. The Bertz CT molecular complexity index is 684. The molecule has 0 aromatic heterocycles. The van der Waals surface area contributed by atoms with E-state index in [0.29, 0.717) is 37.3 Å². The first-order valence-electron chi connectivity index (χ1n) is 10.9. The lowest BCUT2D eigenvalue weighted by Gasteiger charge is -2.24. The van der Waals surface area contributed by atoms with Crippen molar-refractivity contribution < 1.29 is 29.1 Å². The van der Waals surface area contributed by atoms with E-state index >= 15 is 0 Å². The first-order chi connectivity index (χ1) is 16.1. The molecular weight excluding hydrogens is 484 g/mol. The highest BCUT2D eigenvalue weighted by atomic mass is 32.2. The minimum Gasteiger partial charge on any atom is -0.480 e. The predicted molar refractivity (Wildman–Crippen MR) is 134 cm³/mol. The average Bonchev–Trinajstić information content (AvgIpc) is 2.78. The zero-order valence-corrected chi connectivity index (χ0v) is 21.3. The molecule has 4 atom stereocenters. The normalized spacial score (nSPS) is 14.4. The zero-order valence-electron chi connectivity index (χ0n) is 19.7. The summed E-state index contributed by atoms with van der Waals surface area (Å²) in [5.74, 6) is -3.03. The maximum atomic E-state index is 12.9. The number of carbonyl (C=O) groups excluding carboxylic acids is 4. The Morgan fingerprint density at radius 1 is 0.794 bits per heavy atom. The first kappa shape index (κ1) is 32.0. The van der Waals surface area contributed by atoms with E-state index in [1.165, 1.54) is 23.5 Å². The van der Waals surface area contributed by atoms with Gasteiger partial charge in [0.05, 0.1) is 12.5 Å². The summed E-state index contributed by atoms with van der Waals surface area (Å²) in [6, 6.07) is -4.43. The predicted octanol–water partition coefficient (Wildman–Crippen LogP) is -1.64. The van der Waals surface area contributed by atoms with Gasteiger partial charge in [0.25, 0.3) is 0 Å². The maximum Gasteiger partial charge on any atom is 0.326 e. The molecular formula is C20H38N6O6S2. The SMILES string of the molecule is CSCCC(N)C(=O)NC(CCCCN)C(=O)NC(CC(N)=O)C(=O)NC(CCSC)C(=O)O. The number of hydrogen-bond acceptors (Lipinski definition) is 9. The average molecular weight is 523 g/mol. The lowest BCUT2D eigenvalue weighted by Crippen LogP contribution is -2.57. The van der Waals surface area contributed by atoms with Gasteiger partial charge in [0, 0.05) is 0 Å². The van der Waals surface area contributed by atoms with Crippen molar-refractivity contribution in [3.8, 4) is 0 Å². The lowest BCUT2D eigenvalue weighted by molar-refractivity contribution is -0.142. The quantitative estimate of drug-likeness (QED) is 0.0959. The summed E-state index contributed by atoms with van der Waals surface area (Å²) in [5.41, 5.74) is 16.6. The van der Waals surface area contributed by atoms with E-state index in [0.717, 1.165) is 0 Å². The number of carboxylic acids is 1. The molecule has 0 fully saturated rings. The van der Waals surface area contributed by atoms with E-state index < -0.39 is 60.2 Å². The van der Waals surface area contributed by atoms with Crippen molar-refractivity contribution in [1.82, 2.24) is 16.0 Å². The standard InChI is InChI=1S/C20H38N6O6S2/c1-33-9-6-12(22)17(28)24-13(5-3-4-8-21)18(29)26-15(11-16(23)27)19(30)25-14(20(31)32)7-10-34-2/h12-15H,3-11,21-22H2,1-2H3,(H2,23,27)(H,24,28)(H,25,30)(H,26,29)(H,31,32). The lowest BCUT2D eigenvalue weighted by atomic mass is 10.1. The van der Waals surface area contributed by atoms with Crippen molar-refractivity contribution in [2.24, 2.45) is 17.2 Å². The van der Waals surface area contributed by atoms with Crippen LogP contribution >= 0.6 is 23.5 Å². The summed E-state index contributed by atoms with van der Waals surface area (Å²) in [4.78, 5) is 61.0. The zero-order chi connectivity index (χ0) is 26.1. The second kappa shape index (κ2) is 18.3. The van der Waals surface area contributed by atoms with Crippen molar-refractivity contribution in [2.75, 3.05) is 30.6 Å². The first-order valence-corrected chi connectivity index (χ1v) is 13.7. The van der Waals surface area contributed by atoms with Crippen LogP contribution in [0.1, 0.15) is 38.5 Å². The second-order valence-electron chi connectivity index (χ2n) is 7.65. The van der Waals surface area contributed by atoms with Gasteiger partial charge < -0.3 is 38.3 Å². The Kier molecular flexibility index (Phi) is 17.2. The van der Waals surface area contributed by atoms with Gasteiger partial charge >= 0.3 is 5.97 Å². The maximum absolute atomic E-state index is 12.9. The van der Waals surface area contributed by atoms with Crippen LogP contribution < -0.4 is 33.2 Å². The number of amides is 4. The highest BCUT2D eigenvalue weighted by molar-refractivity contribution is 7.98. The van der Waals surface area contributed by atoms with E-state index in [1.807, 2.05) is 6.26 Å². The molecule has 0 radical (unpaired) electrons. The second-order valence-corrected chi connectivity index (χ2v) is 9.62. The number of primary amides is 1. The molecule has 0 heterocycles. The summed E-state index contributed by atoms with van der Waals surface area (Å²) in [6.07, 6.45) is 5.09. The van der Waals surface area contributed by atoms with Gasteiger partial charge in [0.15, 0.2) is 0 Å². The summed E-state index contributed by atoms with van der Waals surface area (Å²) < 4.78 is 0. The van der Waals surface area contributed by atoms with Gasteiger partial charge in [0.2, 0.25) is 23.6 Å². The number of thioether (sulfide) groups is 2. The molecule has 0 aliphatic heterocycles. The summed E-state index contributed by atoms with van der Waals surface area (Å²) >= 11 is 2.94. The van der Waals surface area contributed by atoms with Crippen LogP contribution in [0.25, 0.3) is 0 Å². The smallest absolute Gasteiger partial charge is 0.326 e. The molecule has 0 spiro atoms. The fourth-order valence-corrected chi connectivity index (χ4v) is 3.83. The molecule has 0 rings (SSSR count). The van der Waals surface area contributed by atoms with Crippen molar-refractivity contribution >= 4 is 53.1 Å². The van der Waals surface area contributed by atoms with Gasteiger partial charge in [-0.2, -0.15) is 23.5 Å². The van der Waals surface area contributed by atoms with Gasteiger partial charge in [-0.15, -0.1) is 0 Å². The molecule has 0 saturated heterocycles. The fourth-order valence-electron chi connectivity index (χ4n) is 2.86. The highest BCUT2D eigenvalue weighted by Crippen LogP contribution is 2.06. The van der Waals surface area contributed by atoms with Crippen molar-refractivity contribution in [3.05, 3.63) is 0 Å². The molecule has 34 heavy (non-hydrogen) atoms. The molecule has 0 aromatic carbocycles. The highest BCUT2D eigenvalue weighted by Gasteiger charge is 2.31. The topological polar surface area (TPSA) is 220 Å². The molecule has 0 aromatic rings. The summed E-state index contributed by atoms with van der Waals surface area (Å²) in [5, 5.41) is 16.7. The van der Waals surface area contributed by atoms with Gasteiger partial charge in [0.1, 0.15) is 18.1 Å². The number of hydrogen-bond donors (Lipinski definition) is 7. The van der Waals surface area contributed by atoms with E-state index in [9.17, 15) is 29.1 Å². The summed E-state index contributed by atoms with van der Waals surface area (Å²) in [7, 11) is 0. The van der Waals surface area contributed by atoms with E-state index in [1.54, 1.807) is 6.26 Å². The number of carboxylic acid groups (broad SMARTS) is 1. The molecule has 14 heteroatoms. The number of rotatable bonds is 19. The summed E-state index contributed by atoms with van der Waals surface area (Å²) in [6.45, 7) is 0.398. The Hall–Kier alpha value is -2.03. The van der Waals surface area contributed by atoms with Crippen LogP contribution in [0, 0.1) is 0 Å². The van der Waals surface area contributed by atoms with Crippen molar-refractivity contribution in [1.29, 1.82) is 0 Å². The van der Waals surface area contributed by atoms with Crippen LogP contribution in [0.3, 0.4) is 0 Å². The third kappa shape index (κ3) is 13.6. The minimum absolute atomic E-state index is 0.158. The molecule has 4 amide bonds. The van der Waals surface area contributed by atoms with Crippen LogP contribution in [0.4, 0.5) is 0 Å². The number of carbonyl (C=O) groups is 5. The monoisotopic (exact) mass is 522 g/mol. The van der Waals surface area contributed by atoms with E-state index in [2.05, 4.69) is 16.0 Å². The molecule has 12 nitrogen and oxygen atoms in total. The van der Waals surface area contributed by atoms with Crippen molar-refractivity contribution in [3.63, 3.8) is 0 Å². The van der Waals surface area contributed by atoms with Crippen LogP contribution in [0.5, 0.6) is 0 Å².